The molecule has 1 unspecified atom stereocenters. The van der Waals surface area contributed by atoms with E-state index < -0.39 is 23.6 Å². The van der Waals surface area contributed by atoms with Gasteiger partial charge in [-0.1, -0.05) is 36.4 Å². The van der Waals surface area contributed by atoms with Gasteiger partial charge in [0, 0.05) is 30.1 Å². The number of nitrogens with two attached hydrogens (primary N) is 1. The summed E-state index contributed by atoms with van der Waals surface area (Å²) in [6.07, 6.45) is 2.20. The molecule has 0 saturated carbocycles. The highest BCUT2D eigenvalue weighted by atomic mass is 16.5. The van der Waals surface area contributed by atoms with Crippen molar-refractivity contribution in [2.24, 2.45) is 5.73 Å². The summed E-state index contributed by atoms with van der Waals surface area (Å²) in [7, 11) is 0. The van der Waals surface area contributed by atoms with E-state index in [1.807, 2.05) is 34.9 Å². The Balaban J connectivity index is 2.13. The Bertz CT molecular complexity index is 1100. The number of ketones is 1. The third-order valence-electron chi connectivity index (χ3n) is 4.87. The Kier molecular flexibility index (Phi) is 6.41. The summed E-state index contributed by atoms with van der Waals surface area (Å²) in [6, 6.07) is 14.8. The van der Waals surface area contributed by atoms with Crippen LogP contribution in [0.4, 0.5) is 0 Å². The third-order valence-corrected chi connectivity index (χ3v) is 4.87. The lowest BCUT2D eigenvalue weighted by molar-refractivity contribution is -0.145. The van der Waals surface area contributed by atoms with Crippen molar-refractivity contribution in [3.63, 3.8) is 0 Å². The summed E-state index contributed by atoms with van der Waals surface area (Å²) >= 11 is 0. The van der Waals surface area contributed by atoms with Crippen LogP contribution in [-0.4, -0.2) is 35.1 Å². The number of nitrogens with zero attached hydrogens (tertiary/aromatic N) is 1. The second-order valence-electron chi connectivity index (χ2n) is 6.83. The van der Waals surface area contributed by atoms with Crippen molar-refractivity contribution in [1.82, 2.24) is 4.57 Å². The van der Waals surface area contributed by atoms with Crippen molar-refractivity contribution in [3.8, 4) is 0 Å². The predicted octanol–water partition coefficient (Wildman–Crippen LogP) is 2.59. The fourth-order valence-electron chi connectivity index (χ4n) is 3.46. The van der Waals surface area contributed by atoms with Crippen LogP contribution in [0.2, 0.25) is 0 Å². The van der Waals surface area contributed by atoms with Crippen LogP contribution in [0, 0.1) is 0 Å². The second kappa shape index (κ2) is 9.17. The van der Waals surface area contributed by atoms with Gasteiger partial charge in [0.1, 0.15) is 6.29 Å². The van der Waals surface area contributed by atoms with Crippen LogP contribution in [0.15, 0.2) is 54.7 Å². The average Bonchev–Trinajstić information content (AvgIpc) is 3.09. The molecule has 2 N–H and O–H groups in total. The van der Waals surface area contributed by atoms with Gasteiger partial charge in [-0.2, -0.15) is 0 Å². The van der Waals surface area contributed by atoms with E-state index in [-0.39, 0.29) is 18.6 Å². The van der Waals surface area contributed by atoms with Gasteiger partial charge in [0.2, 0.25) is 0 Å². The van der Waals surface area contributed by atoms with Crippen molar-refractivity contribution < 1.29 is 23.9 Å². The van der Waals surface area contributed by atoms with Crippen molar-refractivity contribution >= 4 is 34.8 Å². The first-order chi connectivity index (χ1) is 14.5. The first-order valence-corrected chi connectivity index (χ1v) is 9.57. The Labute approximate surface area is 173 Å². The van der Waals surface area contributed by atoms with Gasteiger partial charge in [0.05, 0.1) is 18.1 Å². The average molecular weight is 406 g/mol. The molecule has 0 fully saturated rings. The van der Waals surface area contributed by atoms with Crippen LogP contribution in [0.5, 0.6) is 0 Å². The fraction of sp³-hybridized carbons (Fsp3) is 0.217. The van der Waals surface area contributed by atoms with E-state index in [0.717, 1.165) is 5.56 Å². The van der Waals surface area contributed by atoms with Crippen LogP contribution >= 0.6 is 0 Å². The van der Waals surface area contributed by atoms with Crippen LogP contribution < -0.4 is 5.73 Å². The molecule has 0 aliphatic rings. The molecule has 7 heteroatoms. The summed E-state index contributed by atoms with van der Waals surface area (Å²) < 4.78 is 6.93. The van der Waals surface area contributed by atoms with Gasteiger partial charge in [-0.15, -0.1) is 0 Å². The highest BCUT2D eigenvalue weighted by molar-refractivity contribution is 6.44. The van der Waals surface area contributed by atoms with Crippen molar-refractivity contribution in [1.29, 1.82) is 0 Å². The van der Waals surface area contributed by atoms with Gasteiger partial charge in [0.15, 0.2) is 0 Å². The normalized spacial score (nSPS) is 11.8. The van der Waals surface area contributed by atoms with Crippen LogP contribution in [-0.2, 0) is 25.7 Å². The first kappa shape index (κ1) is 21.0. The summed E-state index contributed by atoms with van der Waals surface area (Å²) in [5.74, 6) is -3.18. The molecule has 1 amide bonds. The molecule has 0 saturated heterocycles. The highest BCUT2D eigenvalue weighted by Crippen LogP contribution is 2.29. The lowest BCUT2D eigenvalue weighted by Gasteiger charge is -2.14. The molecular weight excluding hydrogens is 384 g/mol. The molecule has 2 aromatic carbocycles. The van der Waals surface area contributed by atoms with Crippen molar-refractivity contribution in [2.75, 3.05) is 6.61 Å². The minimum atomic E-state index is -1.06. The molecular formula is C23H22N2O5. The first-order valence-electron chi connectivity index (χ1n) is 9.57. The molecule has 0 bridgehead atoms. The lowest BCUT2D eigenvalue weighted by atomic mass is 9.94. The maximum Gasteiger partial charge on any atom is 0.313 e. The van der Waals surface area contributed by atoms with Gasteiger partial charge < -0.3 is 19.8 Å². The van der Waals surface area contributed by atoms with Gasteiger partial charge in [-0.05, 0) is 30.2 Å². The van der Waals surface area contributed by atoms with Crippen LogP contribution in [0.3, 0.4) is 0 Å². The Morgan fingerprint density at radius 2 is 1.87 bits per heavy atom. The number of hydrogen-bond donors (Lipinski definition) is 1. The summed E-state index contributed by atoms with van der Waals surface area (Å²) in [6.45, 7) is 2.36. The molecule has 1 aromatic heterocycles. The van der Waals surface area contributed by atoms with Gasteiger partial charge in [0.25, 0.3) is 11.7 Å². The number of amides is 1. The van der Waals surface area contributed by atoms with Crippen LogP contribution in [0.25, 0.3) is 10.9 Å². The molecule has 3 aromatic rings. The number of aldehydes is 1. The number of ether oxygens (including phenoxy) is 1. The number of fused-ring (bicyclic) bond motifs is 1. The summed E-state index contributed by atoms with van der Waals surface area (Å²) in [4.78, 5) is 47.4. The van der Waals surface area contributed by atoms with E-state index in [1.165, 1.54) is 0 Å². The zero-order valence-corrected chi connectivity index (χ0v) is 16.5. The quantitative estimate of drug-likeness (QED) is 0.254. The minimum absolute atomic E-state index is 0.0475. The second-order valence-corrected chi connectivity index (χ2v) is 6.83. The number of hydrogen-bond acceptors (Lipinski definition) is 5. The maximum atomic E-state index is 12.4. The summed E-state index contributed by atoms with van der Waals surface area (Å²) in [5.41, 5.74) is 7.65. The molecule has 0 aliphatic heterocycles. The number of esters is 1. The number of carbonyl (C=O) groups is 4. The Morgan fingerprint density at radius 1 is 1.13 bits per heavy atom. The van der Waals surface area contributed by atoms with E-state index in [9.17, 15) is 19.2 Å². The molecule has 1 atom stereocenters. The van der Waals surface area contributed by atoms with E-state index in [2.05, 4.69) is 0 Å². The number of carbonyl (C=O) groups excluding carboxylic acids is 4. The van der Waals surface area contributed by atoms with Crippen LogP contribution in [0.1, 0.15) is 40.7 Å². The number of Topliss-reactive ketones (excluding diaryl/α,β-unsaturated/α-hetero) is 1. The molecule has 0 spiro atoms. The largest absolute Gasteiger partial charge is 0.466 e. The maximum absolute atomic E-state index is 12.4. The molecule has 154 valence electrons. The van der Waals surface area contributed by atoms with E-state index in [1.54, 1.807) is 31.3 Å². The molecule has 0 aliphatic carbocycles. The third kappa shape index (κ3) is 4.30. The van der Waals surface area contributed by atoms with Gasteiger partial charge in [-0.3, -0.25) is 14.4 Å². The smallest absolute Gasteiger partial charge is 0.313 e. The number of benzene rings is 2. The molecule has 30 heavy (non-hydrogen) atoms. The minimum Gasteiger partial charge on any atom is -0.466 e. The van der Waals surface area contributed by atoms with E-state index >= 15 is 0 Å². The molecule has 3 rings (SSSR count). The standard InChI is InChI=1S/C23H22N2O5/c1-2-30-23(29)17(10-11-26)16-8-9-20-18(12-16)19(21(27)22(24)28)14-25(20)13-15-6-4-3-5-7-15/h3-9,11-12,14,17H,2,10,13H2,1H3,(H2,24,28). The highest BCUT2D eigenvalue weighted by Gasteiger charge is 2.25. The van der Waals surface area contributed by atoms with Gasteiger partial charge in [-0.25, -0.2) is 0 Å². The monoisotopic (exact) mass is 406 g/mol. The zero-order valence-electron chi connectivity index (χ0n) is 16.5. The molecule has 1 heterocycles. The van der Waals surface area contributed by atoms with Crippen molar-refractivity contribution in [3.05, 3.63) is 71.4 Å². The molecule has 0 radical (unpaired) electrons. The number of aromatic nitrogens is 1. The predicted molar refractivity (Wildman–Crippen MR) is 111 cm³/mol. The zero-order chi connectivity index (χ0) is 21.7. The topological polar surface area (TPSA) is 108 Å². The summed E-state index contributed by atoms with van der Waals surface area (Å²) in [5, 5.41) is 0.493. The molecule has 7 nitrogen and oxygen atoms in total. The van der Waals surface area contributed by atoms with Gasteiger partial charge >= 0.3 is 5.97 Å². The Hall–Kier alpha value is -3.74. The Morgan fingerprint density at radius 3 is 2.50 bits per heavy atom. The van der Waals surface area contributed by atoms with Crippen molar-refractivity contribution in [2.45, 2.75) is 25.8 Å². The number of primary amides is 1. The SMILES string of the molecule is CCOC(=O)C(CC=O)c1ccc2c(c1)c(C(=O)C(N)=O)cn2Cc1ccccc1. The van der Waals surface area contributed by atoms with E-state index in [4.69, 9.17) is 10.5 Å². The lowest BCUT2D eigenvalue weighted by Crippen LogP contribution is -2.23. The fourth-order valence-corrected chi connectivity index (χ4v) is 3.46. The van der Waals surface area contributed by atoms with E-state index in [0.29, 0.717) is 29.3 Å². The number of rotatable bonds is 9.